The number of hydrogen-bond donors (Lipinski definition) is 1. The molecule has 3 aliphatic rings. The number of halogens is 1. The molecule has 0 saturated carbocycles. The molecule has 2 saturated heterocycles. The molecular weight excluding hydrogens is 462 g/mol. The molecular formula is C28H24ClN3O3. The lowest BCUT2D eigenvalue weighted by atomic mass is 9.76. The molecule has 1 N–H and O–H groups in total. The maximum atomic E-state index is 14.3. The molecule has 6 nitrogen and oxygen atoms in total. The molecule has 0 radical (unpaired) electrons. The van der Waals surface area contributed by atoms with Gasteiger partial charge in [-0.15, -0.1) is 0 Å². The van der Waals surface area contributed by atoms with Crippen LogP contribution in [0.5, 0.6) is 0 Å². The highest BCUT2D eigenvalue weighted by Crippen LogP contribution is 2.55. The lowest BCUT2D eigenvalue weighted by molar-refractivity contribution is -0.141. The van der Waals surface area contributed by atoms with Crippen LogP contribution in [0.2, 0.25) is 5.02 Å². The number of fused-ring (bicyclic) bond motifs is 4. The van der Waals surface area contributed by atoms with Crippen LogP contribution in [0.25, 0.3) is 0 Å². The summed E-state index contributed by atoms with van der Waals surface area (Å²) in [5, 5.41) is 4.12. The molecule has 1 spiro atoms. The zero-order valence-corrected chi connectivity index (χ0v) is 19.9. The predicted molar refractivity (Wildman–Crippen MR) is 133 cm³/mol. The molecule has 35 heavy (non-hydrogen) atoms. The molecule has 4 atom stereocenters. The average molecular weight is 486 g/mol. The number of nitrogens with zero attached hydrogens (tertiary/aromatic N) is 2. The first-order chi connectivity index (χ1) is 16.9. The Hall–Kier alpha value is -3.48. The SMILES string of the molecule is CN1C(=O)[C@@H]2[C@H](Cc3ccccc3)N[C@@]3(C(=O)N(Cc4ccccc4Cl)c4ccccc43)[C@H]2C1=O. The Labute approximate surface area is 208 Å². The second-order valence-corrected chi connectivity index (χ2v) is 9.89. The van der Waals surface area contributed by atoms with Crippen LogP contribution in [-0.4, -0.2) is 35.7 Å². The number of likely N-dealkylation sites (tertiary alicyclic amines) is 1. The minimum absolute atomic E-state index is 0.222. The Morgan fingerprint density at radius 2 is 1.57 bits per heavy atom. The third kappa shape index (κ3) is 3.10. The number of nitrogens with one attached hydrogen (secondary N) is 1. The zero-order valence-electron chi connectivity index (χ0n) is 19.1. The molecule has 0 unspecified atom stereocenters. The summed E-state index contributed by atoms with van der Waals surface area (Å²) in [6.07, 6.45) is 0.538. The van der Waals surface area contributed by atoms with Gasteiger partial charge in [-0.1, -0.05) is 78.3 Å². The van der Waals surface area contributed by atoms with Crippen molar-refractivity contribution in [1.29, 1.82) is 0 Å². The maximum Gasteiger partial charge on any atom is 0.253 e. The van der Waals surface area contributed by atoms with E-state index >= 15 is 0 Å². The highest BCUT2D eigenvalue weighted by atomic mass is 35.5. The third-order valence-electron chi connectivity index (χ3n) is 7.67. The van der Waals surface area contributed by atoms with Crippen molar-refractivity contribution in [1.82, 2.24) is 10.2 Å². The van der Waals surface area contributed by atoms with Crippen LogP contribution in [0.4, 0.5) is 5.69 Å². The van der Waals surface area contributed by atoms with Crippen molar-refractivity contribution >= 4 is 35.0 Å². The summed E-state index contributed by atoms with van der Waals surface area (Å²) in [5.74, 6) is -2.20. The number of benzene rings is 3. The number of carbonyl (C=O) groups is 3. The van der Waals surface area contributed by atoms with E-state index in [1.165, 1.54) is 11.9 Å². The molecule has 3 aliphatic heterocycles. The molecule has 3 amide bonds. The second kappa shape index (κ2) is 8.04. The van der Waals surface area contributed by atoms with Crippen LogP contribution in [0.15, 0.2) is 78.9 Å². The molecule has 0 aromatic heterocycles. The third-order valence-corrected chi connectivity index (χ3v) is 8.04. The summed E-state index contributed by atoms with van der Waals surface area (Å²) in [5.41, 5.74) is 2.02. The number of imide groups is 1. The standard InChI is InChI=1S/C28H24ClN3O3/c1-31-25(33)23-21(15-17-9-3-2-4-10-17)30-28(24(23)26(31)34)19-12-6-8-14-22(19)32(27(28)35)16-18-11-5-7-13-20(18)29/h2-14,21,23-24,30H,15-16H2,1H3/t21-,23+,24+,28+/m0/s1. The van der Waals surface area contributed by atoms with Gasteiger partial charge in [0.2, 0.25) is 11.8 Å². The Morgan fingerprint density at radius 1 is 0.886 bits per heavy atom. The largest absolute Gasteiger partial charge is 0.306 e. The van der Waals surface area contributed by atoms with E-state index < -0.39 is 17.4 Å². The van der Waals surface area contributed by atoms with Gasteiger partial charge in [-0.05, 0) is 29.7 Å². The van der Waals surface area contributed by atoms with Crippen molar-refractivity contribution in [2.45, 2.75) is 24.5 Å². The molecule has 6 rings (SSSR count). The highest BCUT2D eigenvalue weighted by Gasteiger charge is 2.71. The van der Waals surface area contributed by atoms with E-state index in [-0.39, 0.29) is 30.3 Å². The Kier molecular flexibility index (Phi) is 5.06. The van der Waals surface area contributed by atoms with E-state index in [1.54, 1.807) is 11.0 Å². The van der Waals surface area contributed by atoms with Crippen molar-refractivity contribution in [3.63, 3.8) is 0 Å². The van der Waals surface area contributed by atoms with Crippen LogP contribution >= 0.6 is 11.6 Å². The first-order valence-corrected chi connectivity index (χ1v) is 12.1. The topological polar surface area (TPSA) is 69.7 Å². The van der Waals surface area contributed by atoms with Gasteiger partial charge in [0.05, 0.1) is 18.4 Å². The minimum Gasteiger partial charge on any atom is -0.306 e. The zero-order chi connectivity index (χ0) is 24.3. The lowest BCUT2D eigenvalue weighted by Crippen LogP contribution is -2.55. The molecule has 0 aliphatic carbocycles. The summed E-state index contributed by atoms with van der Waals surface area (Å²) in [4.78, 5) is 44.0. The number of rotatable bonds is 4. The van der Waals surface area contributed by atoms with Crippen molar-refractivity contribution < 1.29 is 14.4 Å². The monoisotopic (exact) mass is 485 g/mol. The molecule has 3 aromatic carbocycles. The predicted octanol–water partition coefficient (Wildman–Crippen LogP) is 3.53. The second-order valence-electron chi connectivity index (χ2n) is 9.49. The summed E-state index contributed by atoms with van der Waals surface area (Å²) in [7, 11) is 1.52. The fourth-order valence-electron chi connectivity index (χ4n) is 6.09. The number of carbonyl (C=O) groups excluding carboxylic acids is 3. The molecule has 3 heterocycles. The summed E-state index contributed by atoms with van der Waals surface area (Å²) < 4.78 is 0. The van der Waals surface area contributed by atoms with Crippen molar-refractivity contribution in [3.05, 3.63) is 101 Å². The summed E-state index contributed by atoms with van der Waals surface area (Å²) in [6.45, 7) is 0.275. The van der Waals surface area contributed by atoms with Gasteiger partial charge in [0.15, 0.2) is 0 Å². The average Bonchev–Trinajstić information content (AvgIpc) is 3.41. The molecule has 0 bridgehead atoms. The van der Waals surface area contributed by atoms with Gasteiger partial charge in [-0.2, -0.15) is 0 Å². The molecule has 3 aromatic rings. The number of amides is 3. The number of anilines is 1. The van der Waals surface area contributed by atoms with Crippen molar-refractivity contribution in [2.24, 2.45) is 11.8 Å². The Bertz CT molecular complexity index is 1360. The van der Waals surface area contributed by atoms with Gasteiger partial charge in [0, 0.05) is 29.4 Å². The van der Waals surface area contributed by atoms with Crippen LogP contribution in [0, 0.1) is 11.8 Å². The van der Waals surface area contributed by atoms with Crippen molar-refractivity contribution in [3.8, 4) is 0 Å². The van der Waals surface area contributed by atoms with Gasteiger partial charge in [-0.25, -0.2) is 0 Å². The van der Waals surface area contributed by atoms with Crippen LogP contribution in [0.1, 0.15) is 16.7 Å². The van der Waals surface area contributed by atoms with Crippen LogP contribution in [0.3, 0.4) is 0 Å². The Morgan fingerprint density at radius 3 is 2.34 bits per heavy atom. The van der Waals surface area contributed by atoms with Gasteiger partial charge in [0.25, 0.3) is 5.91 Å². The lowest BCUT2D eigenvalue weighted by Gasteiger charge is -2.30. The van der Waals surface area contributed by atoms with Gasteiger partial charge >= 0.3 is 0 Å². The number of para-hydroxylation sites is 1. The maximum absolute atomic E-state index is 14.3. The smallest absolute Gasteiger partial charge is 0.253 e. The van der Waals surface area contributed by atoms with Gasteiger partial charge < -0.3 is 4.90 Å². The van der Waals surface area contributed by atoms with E-state index in [4.69, 9.17) is 11.6 Å². The van der Waals surface area contributed by atoms with E-state index in [9.17, 15) is 14.4 Å². The first-order valence-electron chi connectivity index (χ1n) is 11.7. The first kappa shape index (κ1) is 22.0. The van der Waals surface area contributed by atoms with Crippen LogP contribution < -0.4 is 10.2 Å². The van der Waals surface area contributed by atoms with E-state index in [0.29, 0.717) is 11.4 Å². The summed E-state index contributed by atoms with van der Waals surface area (Å²) >= 11 is 6.43. The number of hydrogen-bond acceptors (Lipinski definition) is 4. The molecule has 2 fully saturated rings. The quantitative estimate of drug-likeness (QED) is 0.574. The Balaban J connectivity index is 1.47. The summed E-state index contributed by atoms with van der Waals surface area (Å²) in [6, 6.07) is 24.5. The van der Waals surface area contributed by atoms with Gasteiger partial charge in [0.1, 0.15) is 5.54 Å². The van der Waals surface area contributed by atoms with E-state index in [1.807, 2.05) is 72.8 Å². The normalized spacial score (nSPS) is 27.1. The minimum atomic E-state index is -1.31. The van der Waals surface area contributed by atoms with E-state index in [2.05, 4.69) is 5.32 Å². The molecule has 7 heteroatoms. The molecule has 176 valence electrons. The van der Waals surface area contributed by atoms with Crippen molar-refractivity contribution in [2.75, 3.05) is 11.9 Å². The fourth-order valence-corrected chi connectivity index (χ4v) is 6.28. The van der Waals surface area contributed by atoms with Gasteiger partial charge in [-0.3, -0.25) is 24.6 Å². The fraction of sp³-hybridized carbons (Fsp3) is 0.250. The highest BCUT2D eigenvalue weighted by molar-refractivity contribution is 6.31. The van der Waals surface area contributed by atoms with Crippen LogP contribution in [-0.2, 0) is 32.9 Å². The van der Waals surface area contributed by atoms with E-state index in [0.717, 1.165) is 22.4 Å².